The van der Waals surface area contributed by atoms with Gasteiger partial charge in [0, 0.05) is 16.4 Å². The van der Waals surface area contributed by atoms with Crippen LogP contribution in [0.2, 0.25) is 5.02 Å². The fraction of sp³-hybridized carbons (Fsp3) is 0.0556. The van der Waals surface area contributed by atoms with Crippen molar-refractivity contribution in [3.05, 3.63) is 59.9 Å². The van der Waals surface area contributed by atoms with Gasteiger partial charge in [0.05, 0.1) is 13.4 Å². The van der Waals surface area contributed by atoms with Crippen molar-refractivity contribution >= 4 is 45.9 Å². The van der Waals surface area contributed by atoms with E-state index in [2.05, 4.69) is 30.6 Å². The van der Waals surface area contributed by atoms with E-state index >= 15 is 0 Å². The Morgan fingerprint density at radius 1 is 0.923 bits per heavy atom. The molecule has 0 unspecified atom stereocenters. The molecular formula is C18H15ClN6O. The summed E-state index contributed by atoms with van der Waals surface area (Å²) in [4.78, 5) is 16.3. The highest BCUT2D eigenvalue weighted by atomic mass is 35.5. The van der Waals surface area contributed by atoms with Crippen molar-refractivity contribution in [3.8, 4) is 5.75 Å². The van der Waals surface area contributed by atoms with E-state index in [0.29, 0.717) is 22.4 Å². The van der Waals surface area contributed by atoms with Gasteiger partial charge in [0.15, 0.2) is 11.5 Å². The molecule has 0 radical (unpaired) electrons. The maximum Gasteiger partial charge on any atom is 0.231 e. The maximum absolute atomic E-state index is 5.92. The third-order valence-electron chi connectivity index (χ3n) is 3.74. The number of nitrogens with one attached hydrogen (secondary N) is 3. The standard InChI is InChI=1S/C18H15ClN6O/c1-26-14-8-6-12(7-9-14)22-17-15-16(21-10-20-15)24-18(25-17)23-13-4-2-11(19)3-5-13/h2-10H,1H3,(H3,20,21,22,23,24,25). The first-order valence-corrected chi connectivity index (χ1v) is 8.24. The fourth-order valence-electron chi connectivity index (χ4n) is 2.45. The zero-order valence-corrected chi connectivity index (χ0v) is 14.6. The number of anilines is 4. The predicted molar refractivity (Wildman–Crippen MR) is 103 cm³/mol. The lowest BCUT2D eigenvalue weighted by Gasteiger charge is -2.10. The molecule has 0 spiro atoms. The molecular weight excluding hydrogens is 352 g/mol. The van der Waals surface area contributed by atoms with Crippen LogP contribution in [-0.4, -0.2) is 27.0 Å². The van der Waals surface area contributed by atoms with E-state index in [1.807, 2.05) is 36.4 Å². The van der Waals surface area contributed by atoms with Gasteiger partial charge in [0.1, 0.15) is 11.3 Å². The van der Waals surface area contributed by atoms with Crippen molar-refractivity contribution in [1.29, 1.82) is 0 Å². The Morgan fingerprint density at radius 2 is 1.62 bits per heavy atom. The molecule has 0 fully saturated rings. The lowest BCUT2D eigenvalue weighted by Crippen LogP contribution is -2.02. The summed E-state index contributed by atoms with van der Waals surface area (Å²) in [5.41, 5.74) is 2.99. The Bertz CT molecular complexity index is 1030. The van der Waals surface area contributed by atoms with Gasteiger partial charge >= 0.3 is 0 Å². The lowest BCUT2D eigenvalue weighted by atomic mass is 10.3. The molecule has 2 heterocycles. The van der Waals surface area contributed by atoms with Gasteiger partial charge in [-0.05, 0) is 48.5 Å². The summed E-state index contributed by atoms with van der Waals surface area (Å²) >= 11 is 5.92. The Hall–Kier alpha value is -3.32. The number of aromatic nitrogens is 4. The summed E-state index contributed by atoms with van der Waals surface area (Å²) < 4.78 is 5.18. The summed E-state index contributed by atoms with van der Waals surface area (Å²) in [5, 5.41) is 7.11. The lowest BCUT2D eigenvalue weighted by molar-refractivity contribution is 0.415. The van der Waals surface area contributed by atoms with Crippen LogP contribution < -0.4 is 15.4 Å². The van der Waals surface area contributed by atoms with Gasteiger partial charge in [-0.2, -0.15) is 9.97 Å². The van der Waals surface area contributed by atoms with Crippen LogP contribution in [0.1, 0.15) is 0 Å². The number of aromatic amines is 1. The summed E-state index contributed by atoms with van der Waals surface area (Å²) in [6.07, 6.45) is 1.59. The largest absolute Gasteiger partial charge is 0.497 e. The van der Waals surface area contributed by atoms with Gasteiger partial charge in [-0.25, -0.2) is 4.98 Å². The van der Waals surface area contributed by atoms with E-state index in [9.17, 15) is 0 Å². The average Bonchev–Trinajstić information content (AvgIpc) is 3.13. The molecule has 7 nitrogen and oxygen atoms in total. The van der Waals surface area contributed by atoms with Crippen molar-refractivity contribution < 1.29 is 4.74 Å². The Labute approximate surface area is 154 Å². The number of nitrogens with zero attached hydrogens (tertiary/aromatic N) is 3. The van der Waals surface area contributed by atoms with E-state index in [1.165, 1.54) is 0 Å². The van der Waals surface area contributed by atoms with Gasteiger partial charge in [-0.15, -0.1) is 0 Å². The number of imidazole rings is 1. The fourth-order valence-corrected chi connectivity index (χ4v) is 2.58. The minimum atomic E-state index is 0.433. The monoisotopic (exact) mass is 366 g/mol. The minimum Gasteiger partial charge on any atom is -0.497 e. The highest BCUT2D eigenvalue weighted by molar-refractivity contribution is 6.30. The molecule has 2 aromatic carbocycles. The smallest absolute Gasteiger partial charge is 0.231 e. The zero-order valence-electron chi connectivity index (χ0n) is 13.8. The second-order valence-electron chi connectivity index (χ2n) is 5.48. The number of hydrogen-bond acceptors (Lipinski definition) is 6. The molecule has 0 bridgehead atoms. The third kappa shape index (κ3) is 3.38. The number of hydrogen-bond donors (Lipinski definition) is 3. The average molecular weight is 367 g/mol. The van der Waals surface area contributed by atoms with Crippen LogP contribution in [0.3, 0.4) is 0 Å². The van der Waals surface area contributed by atoms with Gasteiger partial charge < -0.3 is 20.4 Å². The molecule has 3 N–H and O–H groups in total. The van der Waals surface area contributed by atoms with Crippen LogP contribution in [0.5, 0.6) is 5.75 Å². The minimum absolute atomic E-state index is 0.433. The SMILES string of the molecule is COc1ccc(Nc2nc(Nc3ccc(Cl)cc3)nc3nc[nH]c23)cc1. The predicted octanol–water partition coefficient (Wildman–Crippen LogP) is 4.50. The van der Waals surface area contributed by atoms with Crippen molar-refractivity contribution in [2.75, 3.05) is 17.7 Å². The summed E-state index contributed by atoms with van der Waals surface area (Å²) in [6, 6.07) is 14.9. The maximum atomic E-state index is 5.92. The van der Waals surface area contributed by atoms with Gasteiger partial charge in [0.2, 0.25) is 5.95 Å². The number of rotatable bonds is 5. The molecule has 0 atom stereocenters. The topological polar surface area (TPSA) is 87.8 Å². The summed E-state index contributed by atoms with van der Waals surface area (Å²) in [7, 11) is 1.63. The molecule has 0 aliphatic rings. The van der Waals surface area contributed by atoms with E-state index in [-0.39, 0.29) is 0 Å². The first-order chi connectivity index (χ1) is 12.7. The van der Waals surface area contributed by atoms with Gasteiger partial charge in [-0.3, -0.25) is 0 Å². The third-order valence-corrected chi connectivity index (χ3v) is 3.99. The normalized spacial score (nSPS) is 10.7. The Balaban J connectivity index is 1.66. The Morgan fingerprint density at radius 3 is 2.35 bits per heavy atom. The van der Waals surface area contributed by atoms with Crippen molar-refractivity contribution in [3.63, 3.8) is 0 Å². The van der Waals surface area contributed by atoms with Crippen LogP contribution in [0, 0.1) is 0 Å². The number of ether oxygens (including phenoxy) is 1. The van der Waals surface area contributed by atoms with Crippen LogP contribution >= 0.6 is 11.6 Å². The molecule has 0 aliphatic heterocycles. The number of methoxy groups -OCH3 is 1. The summed E-state index contributed by atoms with van der Waals surface area (Å²) in [6.45, 7) is 0. The zero-order chi connectivity index (χ0) is 17.9. The molecule has 4 rings (SSSR count). The molecule has 8 heteroatoms. The highest BCUT2D eigenvalue weighted by Gasteiger charge is 2.11. The van der Waals surface area contributed by atoms with Crippen LogP contribution in [0.4, 0.5) is 23.1 Å². The molecule has 0 saturated heterocycles. The number of fused-ring (bicyclic) bond motifs is 1. The van der Waals surface area contributed by atoms with Crippen LogP contribution in [-0.2, 0) is 0 Å². The van der Waals surface area contributed by atoms with E-state index < -0.39 is 0 Å². The first-order valence-electron chi connectivity index (χ1n) is 7.86. The molecule has 0 amide bonds. The van der Waals surface area contributed by atoms with Crippen molar-refractivity contribution in [2.24, 2.45) is 0 Å². The van der Waals surface area contributed by atoms with Crippen molar-refractivity contribution in [2.45, 2.75) is 0 Å². The van der Waals surface area contributed by atoms with E-state index in [0.717, 1.165) is 22.6 Å². The molecule has 0 aliphatic carbocycles. The number of benzene rings is 2. The molecule has 0 saturated carbocycles. The second-order valence-corrected chi connectivity index (χ2v) is 5.92. The summed E-state index contributed by atoms with van der Waals surface area (Å²) in [5.74, 6) is 1.84. The van der Waals surface area contributed by atoms with E-state index in [4.69, 9.17) is 16.3 Å². The number of halogens is 1. The molecule has 130 valence electrons. The van der Waals surface area contributed by atoms with Gasteiger partial charge in [-0.1, -0.05) is 11.6 Å². The first kappa shape index (κ1) is 16.2. The molecule has 4 aromatic rings. The van der Waals surface area contributed by atoms with Crippen LogP contribution in [0.15, 0.2) is 54.9 Å². The van der Waals surface area contributed by atoms with Gasteiger partial charge in [0.25, 0.3) is 0 Å². The molecule has 26 heavy (non-hydrogen) atoms. The molecule has 2 aromatic heterocycles. The second kappa shape index (κ2) is 6.89. The van der Waals surface area contributed by atoms with Crippen molar-refractivity contribution in [1.82, 2.24) is 19.9 Å². The number of H-pyrrole nitrogens is 1. The quantitative estimate of drug-likeness (QED) is 0.482. The highest BCUT2D eigenvalue weighted by Crippen LogP contribution is 2.25. The Kier molecular flexibility index (Phi) is 4.28. The van der Waals surface area contributed by atoms with Crippen LogP contribution in [0.25, 0.3) is 11.2 Å². The van der Waals surface area contributed by atoms with E-state index in [1.54, 1.807) is 25.6 Å².